The Kier molecular flexibility index (Phi) is 4.36. The first kappa shape index (κ1) is 14.6. The lowest BCUT2D eigenvalue weighted by Crippen LogP contribution is -2.56. The highest BCUT2D eigenvalue weighted by Crippen LogP contribution is 2.20. The van der Waals surface area contributed by atoms with Crippen LogP contribution in [0, 0.1) is 0 Å². The Morgan fingerprint density at radius 2 is 1.95 bits per heavy atom. The molecule has 0 N–H and O–H groups in total. The summed E-state index contributed by atoms with van der Waals surface area (Å²) in [5, 5.41) is 0. The number of rotatable bonds is 2. The van der Waals surface area contributed by atoms with Crippen molar-refractivity contribution in [1.29, 1.82) is 0 Å². The minimum atomic E-state index is 0.138. The van der Waals surface area contributed by atoms with Crippen molar-refractivity contribution in [2.75, 3.05) is 20.1 Å². The van der Waals surface area contributed by atoms with E-state index in [1.165, 1.54) is 0 Å². The summed E-state index contributed by atoms with van der Waals surface area (Å²) in [6.07, 6.45) is 1.97. The number of likely N-dealkylation sites (N-methyl/N-ethyl adjacent to an activating group) is 1. The van der Waals surface area contributed by atoms with Crippen LogP contribution in [0.2, 0.25) is 0 Å². The molecule has 2 unspecified atom stereocenters. The fourth-order valence-electron chi connectivity index (χ4n) is 2.65. The lowest BCUT2D eigenvalue weighted by Gasteiger charge is -2.42. The van der Waals surface area contributed by atoms with Gasteiger partial charge in [0, 0.05) is 42.4 Å². The molecule has 0 bridgehead atoms. The Balaban J connectivity index is 2.20. The lowest BCUT2D eigenvalue weighted by molar-refractivity contribution is 0.0405. The zero-order valence-electron chi connectivity index (χ0n) is 12.1. The van der Waals surface area contributed by atoms with Gasteiger partial charge in [0.15, 0.2) is 0 Å². The molecule has 1 amide bonds. The number of aromatic nitrogens is 1. The molecule has 5 heteroatoms. The molecule has 0 radical (unpaired) electrons. The van der Waals surface area contributed by atoms with Gasteiger partial charge in [0.25, 0.3) is 5.91 Å². The number of piperazine rings is 1. The first-order valence-electron chi connectivity index (χ1n) is 6.81. The second-order valence-electron chi connectivity index (χ2n) is 5.40. The standard InChI is InChI=1S/C14H22BrN3O/c1-5-17-9-12(15)6-13(17)14(19)18-7-10(2)16(4)11(3)8-18/h6,9-11H,5,7-8H2,1-4H3. The van der Waals surface area contributed by atoms with Gasteiger partial charge in [-0.05, 0) is 49.8 Å². The Labute approximate surface area is 123 Å². The van der Waals surface area contributed by atoms with E-state index >= 15 is 0 Å². The van der Waals surface area contributed by atoms with Crippen molar-refractivity contribution in [2.24, 2.45) is 0 Å². The number of aryl methyl sites for hydroxylation is 1. The zero-order chi connectivity index (χ0) is 14.2. The Morgan fingerprint density at radius 1 is 1.37 bits per heavy atom. The quantitative estimate of drug-likeness (QED) is 0.834. The van der Waals surface area contributed by atoms with E-state index in [-0.39, 0.29) is 5.91 Å². The monoisotopic (exact) mass is 327 g/mol. The summed E-state index contributed by atoms with van der Waals surface area (Å²) in [6.45, 7) is 8.80. The van der Waals surface area contributed by atoms with Crippen LogP contribution in [-0.2, 0) is 6.54 Å². The van der Waals surface area contributed by atoms with Crippen molar-refractivity contribution < 1.29 is 4.79 Å². The van der Waals surface area contributed by atoms with E-state index in [1.54, 1.807) is 0 Å². The highest BCUT2D eigenvalue weighted by Gasteiger charge is 2.30. The van der Waals surface area contributed by atoms with Gasteiger partial charge in [-0.3, -0.25) is 9.69 Å². The molecule has 0 saturated carbocycles. The molecular weight excluding hydrogens is 306 g/mol. The van der Waals surface area contributed by atoms with E-state index in [1.807, 2.05) is 21.7 Å². The molecule has 2 atom stereocenters. The average Bonchev–Trinajstić information content (AvgIpc) is 2.75. The van der Waals surface area contributed by atoms with Gasteiger partial charge in [0.1, 0.15) is 5.69 Å². The Bertz CT molecular complexity index is 459. The fourth-order valence-corrected chi connectivity index (χ4v) is 3.11. The minimum absolute atomic E-state index is 0.138. The van der Waals surface area contributed by atoms with Gasteiger partial charge in [-0.2, -0.15) is 0 Å². The molecule has 1 aliphatic heterocycles. The second kappa shape index (κ2) is 5.67. The zero-order valence-corrected chi connectivity index (χ0v) is 13.6. The molecule has 1 aromatic rings. The summed E-state index contributed by atoms with van der Waals surface area (Å²) in [5.74, 6) is 0.138. The molecule has 0 spiro atoms. The van der Waals surface area contributed by atoms with Crippen LogP contribution in [0.5, 0.6) is 0 Å². The molecule has 0 aromatic carbocycles. The highest BCUT2D eigenvalue weighted by atomic mass is 79.9. The first-order chi connectivity index (χ1) is 8.93. The summed E-state index contributed by atoms with van der Waals surface area (Å²) in [6, 6.07) is 2.72. The average molecular weight is 328 g/mol. The van der Waals surface area contributed by atoms with Gasteiger partial charge in [-0.25, -0.2) is 0 Å². The topological polar surface area (TPSA) is 28.5 Å². The van der Waals surface area contributed by atoms with Gasteiger partial charge in [0.2, 0.25) is 0 Å². The van der Waals surface area contributed by atoms with Crippen molar-refractivity contribution in [3.05, 3.63) is 22.4 Å². The van der Waals surface area contributed by atoms with Crippen molar-refractivity contribution >= 4 is 21.8 Å². The molecule has 106 valence electrons. The van der Waals surface area contributed by atoms with E-state index in [0.29, 0.717) is 12.1 Å². The van der Waals surface area contributed by atoms with Gasteiger partial charge in [-0.15, -0.1) is 0 Å². The normalized spacial score (nSPS) is 24.8. The molecule has 19 heavy (non-hydrogen) atoms. The molecule has 4 nitrogen and oxygen atoms in total. The van der Waals surface area contributed by atoms with Crippen LogP contribution in [0.1, 0.15) is 31.3 Å². The Hall–Kier alpha value is -0.810. The molecule has 1 aromatic heterocycles. The molecule has 0 aliphatic carbocycles. The number of hydrogen-bond donors (Lipinski definition) is 0. The molecular formula is C14H22BrN3O. The van der Waals surface area contributed by atoms with E-state index in [9.17, 15) is 4.79 Å². The fraction of sp³-hybridized carbons (Fsp3) is 0.643. The highest BCUT2D eigenvalue weighted by molar-refractivity contribution is 9.10. The van der Waals surface area contributed by atoms with Gasteiger partial charge >= 0.3 is 0 Å². The van der Waals surface area contributed by atoms with E-state index < -0.39 is 0 Å². The van der Waals surface area contributed by atoms with E-state index in [4.69, 9.17) is 0 Å². The van der Waals surface area contributed by atoms with Crippen LogP contribution in [0.15, 0.2) is 16.7 Å². The molecule has 1 aliphatic rings. The maximum Gasteiger partial charge on any atom is 0.270 e. The SMILES string of the molecule is CCn1cc(Br)cc1C(=O)N1CC(C)N(C)C(C)C1. The number of halogens is 1. The van der Waals surface area contributed by atoms with E-state index in [0.717, 1.165) is 29.8 Å². The summed E-state index contributed by atoms with van der Waals surface area (Å²) < 4.78 is 2.97. The predicted molar refractivity (Wildman–Crippen MR) is 80.4 cm³/mol. The number of amides is 1. The molecule has 1 saturated heterocycles. The largest absolute Gasteiger partial charge is 0.343 e. The molecule has 2 rings (SSSR count). The third-order valence-electron chi connectivity index (χ3n) is 4.07. The predicted octanol–water partition coefficient (Wildman–Crippen LogP) is 2.44. The number of carbonyl (C=O) groups excluding carboxylic acids is 1. The maximum absolute atomic E-state index is 12.7. The summed E-state index contributed by atoms with van der Waals surface area (Å²) in [7, 11) is 2.13. The first-order valence-corrected chi connectivity index (χ1v) is 7.60. The second-order valence-corrected chi connectivity index (χ2v) is 6.32. The van der Waals surface area contributed by atoms with Crippen LogP contribution in [0.25, 0.3) is 0 Å². The molecule has 1 fully saturated rings. The van der Waals surface area contributed by atoms with Crippen LogP contribution in [0.4, 0.5) is 0 Å². The Morgan fingerprint density at radius 3 is 2.47 bits per heavy atom. The van der Waals surface area contributed by atoms with Crippen molar-refractivity contribution in [3.63, 3.8) is 0 Å². The summed E-state index contributed by atoms with van der Waals surface area (Å²) in [4.78, 5) is 17.0. The van der Waals surface area contributed by atoms with Crippen LogP contribution >= 0.6 is 15.9 Å². The number of nitrogens with zero attached hydrogens (tertiary/aromatic N) is 3. The minimum Gasteiger partial charge on any atom is -0.343 e. The van der Waals surface area contributed by atoms with Crippen LogP contribution in [-0.4, -0.2) is 52.5 Å². The molecule has 2 heterocycles. The van der Waals surface area contributed by atoms with Gasteiger partial charge < -0.3 is 9.47 Å². The summed E-state index contributed by atoms with van der Waals surface area (Å²) >= 11 is 3.45. The lowest BCUT2D eigenvalue weighted by atomic mass is 10.1. The van der Waals surface area contributed by atoms with Crippen molar-refractivity contribution in [3.8, 4) is 0 Å². The maximum atomic E-state index is 12.7. The third kappa shape index (κ3) is 2.87. The van der Waals surface area contributed by atoms with Crippen molar-refractivity contribution in [2.45, 2.75) is 39.4 Å². The van der Waals surface area contributed by atoms with Crippen LogP contribution in [0.3, 0.4) is 0 Å². The number of hydrogen-bond acceptors (Lipinski definition) is 2. The van der Waals surface area contributed by atoms with Gasteiger partial charge in [0.05, 0.1) is 0 Å². The summed E-state index contributed by atoms with van der Waals surface area (Å²) in [5.41, 5.74) is 0.776. The number of carbonyl (C=O) groups is 1. The smallest absolute Gasteiger partial charge is 0.270 e. The van der Waals surface area contributed by atoms with Crippen molar-refractivity contribution in [1.82, 2.24) is 14.4 Å². The van der Waals surface area contributed by atoms with Gasteiger partial charge in [-0.1, -0.05) is 0 Å². The van der Waals surface area contributed by atoms with Crippen LogP contribution < -0.4 is 0 Å². The third-order valence-corrected chi connectivity index (χ3v) is 4.50. The van der Waals surface area contributed by atoms with E-state index in [2.05, 4.69) is 48.6 Å².